The summed E-state index contributed by atoms with van der Waals surface area (Å²) in [4.78, 5) is 0. The van der Waals surface area contributed by atoms with Gasteiger partial charge in [0, 0.05) is 6.04 Å². The van der Waals surface area contributed by atoms with Crippen molar-refractivity contribution in [1.29, 1.82) is 0 Å². The summed E-state index contributed by atoms with van der Waals surface area (Å²) in [6, 6.07) is 0.502. The SMILES string of the molecule is CCC1(C(C)C)CC(N)C1. The highest BCUT2D eigenvalue weighted by molar-refractivity contribution is 4.96. The molecule has 1 nitrogen and oxygen atoms in total. The van der Waals surface area contributed by atoms with Crippen LogP contribution in [0.15, 0.2) is 0 Å². The van der Waals surface area contributed by atoms with Crippen molar-refractivity contribution in [2.24, 2.45) is 17.1 Å². The summed E-state index contributed by atoms with van der Waals surface area (Å²) in [6.45, 7) is 6.91. The molecule has 2 N–H and O–H groups in total. The minimum absolute atomic E-state index is 0.502. The molecule has 0 radical (unpaired) electrons. The van der Waals surface area contributed by atoms with Gasteiger partial charge in [0.1, 0.15) is 0 Å². The lowest BCUT2D eigenvalue weighted by Crippen LogP contribution is -2.48. The Morgan fingerprint density at radius 1 is 1.50 bits per heavy atom. The lowest BCUT2D eigenvalue weighted by atomic mass is 9.58. The van der Waals surface area contributed by atoms with Crippen LogP contribution in [0.3, 0.4) is 0 Å². The molecular weight excluding hydrogens is 122 g/mol. The largest absolute Gasteiger partial charge is 0.328 e. The van der Waals surface area contributed by atoms with Crippen molar-refractivity contribution in [2.75, 3.05) is 0 Å². The first-order valence-electron chi connectivity index (χ1n) is 4.36. The smallest absolute Gasteiger partial charge is 0.00496 e. The van der Waals surface area contributed by atoms with Gasteiger partial charge in [0.25, 0.3) is 0 Å². The van der Waals surface area contributed by atoms with E-state index in [9.17, 15) is 0 Å². The van der Waals surface area contributed by atoms with Gasteiger partial charge < -0.3 is 5.73 Å². The number of rotatable bonds is 2. The summed E-state index contributed by atoms with van der Waals surface area (Å²) in [7, 11) is 0. The van der Waals surface area contributed by atoms with Gasteiger partial charge in [-0.05, 0) is 24.2 Å². The van der Waals surface area contributed by atoms with E-state index in [-0.39, 0.29) is 0 Å². The Bertz CT molecular complexity index is 112. The third-order valence-electron chi connectivity index (χ3n) is 3.27. The van der Waals surface area contributed by atoms with Gasteiger partial charge in [0.2, 0.25) is 0 Å². The van der Waals surface area contributed by atoms with Crippen molar-refractivity contribution in [3.05, 3.63) is 0 Å². The first-order chi connectivity index (χ1) is 4.60. The third kappa shape index (κ3) is 1.07. The predicted molar refractivity (Wildman–Crippen MR) is 44.8 cm³/mol. The fraction of sp³-hybridized carbons (Fsp3) is 1.00. The van der Waals surface area contributed by atoms with Crippen molar-refractivity contribution in [3.8, 4) is 0 Å². The zero-order valence-corrected chi connectivity index (χ0v) is 7.35. The van der Waals surface area contributed by atoms with Crippen molar-refractivity contribution in [1.82, 2.24) is 0 Å². The van der Waals surface area contributed by atoms with Crippen LogP contribution in [0.1, 0.15) is 40.0 Å². The summed E-state index contributed by atoms with van der Waals surface area (Å²) < 4.78 is 0. The lowest BCUT2D eigenvalue weighted by Gasteiger charge is -2.49. The van der Waals surface area contributed by atoms with Crippen LogP contribution in [0.5, 0.6) is 0 Å². The molecule has 0 saturated heterocycles. The molecule has 1 aliphatic rings. The van der Waals surface area contributed by atoms with Crippen molar-refractivity contribution < 1.29 is 0 Å². The summed E-state index contributed by atoms with van der Waals surface area (Å²) in [5.41, 5.74) is 6.38. The normalized spacial score (nSPS) is 39.9. The van der Waals surface area contributed by atoms with E-state index >= 15 is 0 Å². The Balaban J connectivity index is 2.48. The Morgan fingerprint density at radius 3 is 2.10 bits per heavy atom. The van der Waals surface area contributed by atoms with Gasteiger partial charge in [-0.25, -0.2) is 0 Å². The van der Waals surface area contributed by atoms with E-state index in [0.29, 0.717) is 11.5 Å². The van der Waals surface area contributed by atoms with Crippen molar-refractivity contribution in [3.63, 3.8) is 0 Å². The average Bonchev–Trinajstić information content (AvgIpc) is 1.79. The van der Waals surface area contributed by atoms with Crippen LogP contribution >= 0.6 is 0 Å². The Kier molecular flexibility index (Phi) is 2.04. The van der Waals surface area contributed by atoms with Crippen LogP contribution < -0.4 is 5.73 Å². The fourth-order valence-corrected chi connectivity index (χ4v) is 2.15. The van der Waals surface area contributed by atoms with Crippen molar-refractivity contribution in [2.45, 2.75) is 46.1 Å². The van der Waals surface area contributed by atoms with E-state index in [4.69, 9.17) is 5.73 Å². The maximum atomic E-state index is 5.77. The summed E-state index contributed by atoms with van der Waals surface area (Å²) in [6.07, 6.45) is 3.81. The Hall–Kier alpha value is -0.0400. The molecule has 0 heterocycles. The molecule has 60 valence electrons. The zero-order valence-electron chi connectivity index (χ0n) is 7.35. The molecule has 0 aromatic rings. The Labute approximate surface area is 64.0 Å². The van der Waals surface area contributed by atoms with E-state index in [1.54, 1.807) is 0 Å². The maximum absolute atomic E-state index is 5.77. The van der Waals surface area contributed by atoms with Crippen molar-refractivity contribution >= 4 is 0 Å². The molecular formula is C9H19N. The predicted octanol–water partition coefficient (Wildman–Crippen LogP) is 2.16. The van der Waals surface area contributed by atoms with Gasteiger partial charge in [0.15, 0.2) is 0 Å². The topological polar surface area (TPSA) is 26.0 Å². The molecule has 0 aromatic carbocycles. The second-order valence-electron chi connectivity index (χ2n) is 4.04. The second kappa shape index (κ2) is 2.54. The maximum Gasteiger partial charge on any atom is 0.00496 e. The Morgan fingerprint density at radius 2 is 2.00 bits per heavy atom. The first-order valence-corrected chi connectivity index (χ1v) is 4.36. The van der Waals surface area contributed by atoms with Gasteiger partial charge >= 0.3 is 0 Å². The molecule has 10 heavy (non-hydrogen) atoms. The van der Waals surface area contributed by atoms with E-state index in [1.165, 1.54) is 19.3 Å². The fourth-order valence-electron chi connectivity index (χ4n) is 2.15. The van der Waals surface area contributed by atoms with Crippen LogP contribution in [-0.4, -0.2) is 6.04 Å². The van der Waals surface area contributed by atoms with Gasteiger partial charge in [-0.2, -0.15) is 0 Å². The molecule has 0 aromatic heterocycles. The molecule has 1 heteroatoms. The minimum atomic E-state index is 0.502. The highest BCUT2D eigenvalue weighted by atomic mass is 14.7. The molecule has 0 atom stereocenters. The molecule has 0 bridgehead atoms. The monoisotopic (exact) mass is 141 g/mol. The number of hydrogen-bond acceptors (Lipinski definition) is 1. The van der Waals surface area contributed by atoms with Crippen LogP contribution in [0.25, 0.3) is 0 Å². The molecule has 0 amide bonds. The highest BCUT2D eigenvalue weighted by Gasteiger charge is 2.42. The van der Waals surface area contributed by atoms with Gasteiger partial charge in [-0.15, -0.1) is 0 Å². The van der Waals surface area contributed by atoms with Crippen LogP contribution in [0, 0.1) is 11.3 Å². The average molecular weight is 141 g/mol. The standard InChI is InChI=1S/C9H19N/c1-4-9(7(2)3)5-8(10)6-9/h7-8H,4-6,10H2,1-3H3. The summed E-state index contributed by atoms with van der Waals surface area (Å²) >= 11 is 0. The number of hydrogen-bond donors (Lipinski definition) is 1. The molecule has 0 unspecified atom stereocenters. The summed E-state index contributed by atoms with van der Waals surface area (Å²) in [5, 5.41) is 0. The van der Waals surface area contributed by atoms with Gasteiger partial charge in [-0.3, -0.25) is 0 Å². The molecule has 1 fully saturated rings. The second-order valence-corrected chi connectivity index (χ2v) is 4.04. The third-order valence-corrected chi connectivity index (χ3v) is 3.27. The van der Waals surface area contributed by atoms with Crippen LogP contribution in [0.2, 0.25) is 0 Å². The van der Waals surface area contributed by atoms with E-state index < -0.39 is 0 Å². The van der Waals surface area contributed by atoms with Gasteiger partial charge in [0.05, 0.1) is 0 Å². The molecule has 0 spiro atoms. The highest BCUT2D eigenvalue weighted by Crippen LogP contribution is 2.48. The number of nitrogens with two attached hydrogens (primary N) is 1. The van der Waals surface area contributed by atoms with E-state index in [0.717, 1.165) is 5.92 Å². The van der Waals surface area contributed by atoms with Gasteiger partial charge in [-0.1, -0.05) is 27.2 Å². The molecule has 1 rings (SSSR count). The zero-order chi connectivity index (χ0) is 7.78. The quantitative estimate of drug-likeness (QED) is 0.626. The van der Waals surface area contributed by atoms with E-state index in [2.05, 4.69) is 20.8 Å². The lowest BCUT2D eigenvalue weighted by molar-refractivity contribution is 0.0418. The molecule has 0 aliphatic heterocycles. The minimum Gasteiger partial charge on any atom is -0.328 e. The van der Waals surface area contributed by atoms with Crippen LogP contribution in [-0.2, 0) is 0 Å². The van der Waals surface area contributed by atoms with Crippen LogP contribution in [0.4, 0.5) is 0 Å². The molecule has 1 saturated carbocycles. The molecule has 1 aliphatic carbocycles. The first kappa shape index (κ1) is 8.06. The summed E-state index contributed by atoms with van der Waals surface area (Å²) in [5.74, 6) is 0.817. The van der Waals surface area contributed by atoms with E-state index in [1.807, 2.05) is 0 Å².